The molecule has 0 amide bonds. The highest BCUT2D eigenvalue weighted by Gasteiger charge is 2.32. The van der Waals surface area contributed by atoms with Gasteiger partial charge in [0.2, 0.25) is 0 Å². The fraction of sp³-hybridized carbons (Fsp3) is 0.500. The summed E-state index contributed by atoms with van der Waals surface area (Å²) >= 11 is 0. The Balaban J connectivity index is 2.34. The van der Waals surface area contributed by atoms with Crippen molar-refractivity contribution in [3.05, 3.63) is 23.8 Å². The van der Waals surface area contributed by atoms with Crippen molar-refractivity contribution in [2.24, 2.45) is 11.8 Å². The number of hydrogen-bond acceptors (Lipinski definition) is 1. The molecule has 1 fully saturated rings. The van der Waals surface area contributed by atoms with Gasteiger partial charge < -0.3 is 0 Å². The Morgan fingerprint density at radius 1 is 1.55 bits per heavy atom. The van der Waals surface area contributed by atoms with Crippen LogP contribution in [0.15, 0.2) is 23.8 Å². The van der Waals surface area contributed by atoms with Crippen LogP contribution in [0.4, 0.5) is 0 Å². The number of carbonyl (C=O) groups is 1. The molecule has 0 aromatic rings. The number of rotatable bonds is 0. The predicted molar refractivity (Wildman–Crippen MR) is 44.1 cm³/mol. The second-order valence-corrected chi connectivity index (χ2v) is 3.43. The molecule has 0 aromatic carbocycles. The number of hydrogen-bond donors (Lipinski definition) is 0. The standard InChI is InChI=1S/C10H12O/c1-7-3-2-4-9-8(7)5-6-10(9)11/h2-4,7-8H,5-6H2,1H3. The third-order valence-corrected chi connectivity index (χ3v) is 2.73. The van der Waals surface area contributed by atoms with Gasteiger partial charge in [0.05, 0.1) is 0 Å². The van der Waals surface area contributed by atoms with Gasteiger partial charge in [-0.1, -0.05) is 25.2 Å². The van der Waals surface area contributed by atoms with Gasteiger partial charge in [0.15, 0.2) is 5.78 Å². The van der Waals surface area contributed by atoms with Crippen molar-refractivity contribution in [2.75, 3.05) is 0 Å². The van der Waals surface area contributed by atoms with E-state index in [1.807, 2.05) is 12.2 Å². The van der Waals surface area contributed by atoms with Gasteiger partial charge in [-0.3, -0.25) is 4.79 Å². The molecule has 0 aliphatic heterocycles. The number of Topliss-reactive ketones (excluding diaryl/α,β-unsaturated/α-hetero) is 1. The van der Waals surface area contributed by atoms with E-state index in [-0.39, 0.29) is 0 Å². The fourth-order valence-corrected chi connectivity index (χ4v) is 2.02. The first-order chi connectivity index (χ1) is 5.29. The van der Waals surface area contributed by atoms with E-state index >= 15 is 0 Å². The molecule has 2 atom stereocenters. The Bertz CT molecular complexity index is 248. The van der Waals surface area contributed by atoms with Gasteiger partial charge >= 0.3 is 0 Å². The maximum absolute atomic E-state index is 11.3. The van der Waals surface area contributed by atoms with Crippen molar-refractivity contribution < 1.29 is 4.79 Å². The summed E-state index contributed by atoms with van der Waals surface area (Å²) in [7, 11) is 0. The molecule has 11 heavy (non-hydrogen) atoms. The first-order valence-corrected chi connectivity index (χ1v) is 4.20. The van der Waals surface area contributed by atoms with Crippen LogP contribution in [0.1, 0.15) is 19.8 Å². The van der Waals surface area contributed by atoms with Crippen molar-refractivity contribution in [3.63, 3.8) is 0 Å². The Morgan fingerprint density at radius 2 is 2.36 bits per heavy atom. The highest BCUT2D eigenvalue weighted by molar-refractivity contribution is 5.98. The van der Waals surface area contributed by atoms with Crippen LogP contribution in [-0.4, -0.2) is 5.78 Å². The molecule has 1 nitrogen and oxygen atoms in total. The van der Waals surface area contributed by atoms with Crippen molar-refractivity contribution in [1.29, 1.82) is 0 Å². The fourth-order valence-electron chi connectivity index (χ4n) is 2.02. The molecule has 1 heteroatoms. The Kier molecular flexibility index (Phi) is 1.45. The third-order valence-electron chi connectivity index (χ3n) is 2.73. The van der Waals surface area contributed by atoms with E-state index in [0.29, 0.717) is 17.6 Å². The highest BCUT2D eigenvalue weighted by atomic mass is 16.1. The Morgan fingerprint density at radius 3 is 3.09 bits per heavy atom. The second-order valence-electron chi connectivity index (χ2n) is 3.43. The summed E-state index contributed by atoms with van der Waals surface area (Å²) in [6, 6.07) is 0. The molecule has 2 unspecified atom stereocenters. The lowest BCUT2D eigenvalue weighted by Gasteiger charge is -2.18. The molecule has 2 aliphatic rings. The zero-order chi connectivity index (χ0) is 7.84. The lowest BCUT2D eigenvalue weighted by atomic mass is 9.85. The lowest BCUT2D eigenvalue weighted by molar-refractivity contribution is -0.114. The largest absolute Gasteiger partial charge is 0.295 e. The average Bonchev–Trinajstić information content (AvgIpc) is 2.35. The molecular weight excluding hydrogens is 136 g/mol. The maximum atomic E-state index is 11.3. The molecule has 0 heterocycles. The van der Waals surface area contributed by atoms with Crippen molar-refractivity contribution in [1.82, 2.24) is 0 Å². The van der Waals surface area contributed by atoms with E-state index < -0.39 is 0 Å². The normalized spacial score (nSPS) is 35.4. The molecule has 0 bridgehead atoms. The maximum Gasteiger partial charge on any atom is 0.159 e. The van der Waals surface area contributed by atoms with Gasteiger partial charge in [0, 0.05) is 6.42 Å². The van der Waals surface area contributed by atoms with Gasteiger partial charge in [-0.2, -0.15) is 0 Å². The molecule has 2 rings (SSSR count). The summed E-state index contributed by atoms with van der Waals surface area (Å²) in [6.07, 6.45) is 8.02. The van der Waals surface area contributed by atoms with Crippen molar-refractivity contribution in [3.8, 4) is 0 Å². The summed E-state index contributed by atoms with van der Waals surface area (Å²) < 4.78 is 0. The Hall–Kier alpha value is -0.850. The quantitative estimate of drug-likeness (QED) is 0.514. The van der Waals surface area contributed by atoms with E-state index in [4.69, 9.17) is 0 Å². The molecule has 1 saturated carbocycles. The van der Waals surface area contributed by atoms with Crippen molar-refractivity contribution >= 4 is 5.78 Å². The molecule has 0 spiro atoms. The average molecular weight is 148 g/mol. The molecule has 58 valence electrons. The van der Waals surface area contributed by atoms with Crippen LogP contribution in [0.5, 0.6) is 0 Å². The first kappa shape index (κ1) is 6.84. The molecule has 0 N–H and O–H groups in total. The molecule has 2 aliphatic carbocycles. The van der Waals surface area contributed by atoms with Gasteiger partial charge in [-0.05, 0) is 23.8 Å². The van der Waals surface area contributed by atoms with Gasteiger partial charge in [-0.25, -0.2) is 0 Å². The lowest BCUT2D eigenvalue weighted by Crippen LogP contribution is -2.11. The van der Waals surface area contributed by atoms with E-state index in [1.165, 1.54) is 0 Å². The SMILES string of the molecule is CC1C=CC=C2C(=O)CCC21. The number of ketones is 1. The van der Waals surface area contributed by atoms with E-state index in [2.05, 4.69) is 13.0 Å². The predicted octanol–water partition coefficient (Wildman–Crippen LogP) is 2.10. The highest BCUT2D eigenvalue weighted by Crippen LogP contribution is 2.36. The zero-order valence-corrected chi connectivity index (χ0v) is 6.71. The van der Waals surface area contributed by atoms with E-state index in [9.17, 15) is 4.79 Å². The van der Waals surface area contributed by atoms with Crippen LogP contribution in [0, 0.1) is 11.8 Å². The summed E-state index contributed by atoms with van der Waals surface area (Å²) in [4.78, 5) is 11.3. The van der Waals surface area contributed by atoms with Crippen LogP contribution in [0.2, 0.25) is 0 Å². The topological polar surface area (TPSA) is 17.1 Å². The minimum Gasteiger partial charge on any atom is -0.295 e. The van der Waals surface area contributed by atoms with Crippen LogP contribution in [0.25, 0.3) is 0 Å². The minimum absolute atomic E-state index is 0.367. The van der Waals surface area contributed by atoms with E-state index in [1.54, 1.807) is 0 Å². The number of allylic oxidation sites excluding steroid dienone is 4. The molecule has 0 saturated heterocycles. The van der Waals surface area contributed by atoms with Gasteiger partial charge in [0.1, 0.15) is 0 Å². The van der Waals surface area contributed by atoms with Gasteiger partial charge in [0.25, 0.3) is 0 Å². The van der Waals surface area contributed by atoms with Crippen LogP contribution in [0.3, 0.4) is 0 Å². The van der Waals surface area contributed by atoms with Crippen molar-refractivity contribution in [2.45, 2.75) is 19.8 Å². The van der Waals surface area contributed by atoms with Crippen LogP contribution >= 0.6 is 0 Å². The monoisotopic (exact) mass is 148 g/mol. The smallest absolute Gasteiger partial charge is 0.159 e. The Labute approximate surface area is 66.8 Å². The number of fused-ring (bicyclic) bond motifs is 1. The summed E-state index contributed by atoms with van der Waals surface area (Å²) in [5.74, 6) is 1.47. The van der Waals surface area contributed by atoms with Gasteiger partial charge in [-0.15, -0.1) is 0 Å². The first-order valence-electron chi connectivity index (χ1n) is 4.20. The second kappa shape index (κ2) is 2.33. The molecule has 0 radical (unpaired) electrons. The van der Waals surface area contributed by atoms with Crippen LogP contribution in [-0.2, 0) is 4.79 Å². The molecular formula is C10H12O. The summed E-state index contributed by atoms with van der Waals surface area (Å²) in [5.41, 5.74) is 1.07. The zero-order valence-electron chi connectivity index (χ0n) is 6.71. The number of carbonyl (C=O) groups excluding carboxylic acids is 1. The van der Waals surface area contributed by atoms with E-state index in [0.717, 1.165) is 18.4 Å². The third kappa shape index (κ3) is 0.953. The van der Waals surface area contributed by atoms with Crippen LogP contribution < -0.4 is 0 Å². The summed E-state index contributed by atoms with van der Waals surface area (Å²) in [5, 5.41) is 0. The molecule has 0 aromatic heterocycles. The summed E-state index contributed by atoms with van der Waals surface area (Å²) in [6.45, 7) is 2.19. The minimum atomic E-state index is 0.367.